The molecule has 0 spiro atoms. The number of halogens is 1. The highest BCUT2D eigenvalue weighted by Gasteiger charge is 2.05. The number of hydrogen-bond acceptors (Lipinski definition) is 3. The first kappa shape index (κ1) is 14.2. The van der Waals surface area contributed by atoms with E-state index in [4.69, 9.17) is 9.15 Å². The van der Waals surface area contributed by atoms with Crippen LogP contribution in [0.2, 0.25) is 0 Å². The van der Waals surface area contributed by atoms with Crippen molar-refractivity contribution in [1.29, 1.82) is 0 Å². The van der Waals surface area contributed by atoms with Gasteiger partial charge < -0.3 is 14.5 Å². The van der Waals surface area contributed by atoms with Crippen molar-refractivity contribution in [3.05, 3.63) is 52.4 Å². The summed E-state index contributed by atoms with van der Waals surface area (Å²) in [5.41, 5.74) is 0. The van der Waals surface area contributed by atoms with Gasteiger partial charge in [0.15, 0.2) is 0 Å². The maximum atomic E-state index is 5.70. The molecule has 0 amide bonds. The Morgan fingerprint density at radius 2 is 1.89 bits per heavy atom. The van der Waals surface area contributed by atoms with Crippen molar-refractivity contribution in [3.63, 3.8) is 0 Å². The van der Waals surface area contributed by atoms with Crippen molar-refractivity contribution in [3.8, 4) is 5.75 Å². The van der Waals surface area contributed by atoms with Gasteiger partial charge in [0, 0.05) is 6.04 Å². The molecule has 0 aliphatic heterocycles. The summed E-state index contributed by atoms with van der Waals surface area (Å²) in [6.07, 6.45) is 0. The fraction of sp³-hybridized carbons (Fsp3) is 0.333. The second-order valence-electron chi connectivity index (χ2n) is 4.62. The van der Waals surface area contributed by atoms with Gasteiger partial charge in [0.05, 0.1) is 11.0 Å². The molecule has 1 aromatic heterocycles. The molecule has 0 aliphatic carbocycles. The molecule has 0 saturated heterocycles. The molecule has 1 aromatic carbocycles. The lowest BCUT2D eigenvalue weighted by Crippen LogP contribution is -2.21. The molecule has 2 aromatic rings. The average Bonchev–Trinajstić information content (AvgIpc) is 2.83. The molecule has 19 heavy (non-hydrogen) atoms. The first-order valence-electron chi connectivity index (χ1n) is 6.33. The summed E-state index contributed by atoms with van der Waals surface area (Å²) in [4.78, 5) is 0. The number of nitrogens with one attached hydrogen (secondary N) is 1. The second-order valence-corrected chi connectivity index (χ2v) is 5.48. The zero-order chi connectivity index (χ0) is 13.7. The molecule has 0 aliphatic rings. The van der Waals surface area contributed by atoms with Crippen molar-refractivity contribution in [2.45, 2.75) is 33.0 Å². The first-order valence-corrected chi connectivity index (χ1v) is 7.13. The van der Waals surface area contributed by atoms with Crippen LogP contribution in [0.15, 0.2) is 45.3 Å². The predicted molar refractivity (Wildman–Crippen MR) is 79.2 cm³/mol. The summed E-state index contributed by atoms with van der Waals surface area (Å²) < 4.78 is 12.3. The zero-order valence-electron chi connectivity index (χ0n) is 11.2. The Kier molecular flexibility index (Phi) is 5.05. The van der Waals surface area contributed by atoms with Crippen LogP contribution in [0.4, 0.5) is 0 Å². The third kappa shape index (κ3) is 4.40. The van der Waals surface area contributed by atoms with E-state index in [2.05, 4.69) is 35.1 Å². The van der Waals surface area contributed by atoms with E-state index in [1.165, 1.54) is 0 Å². The molecule has 0 bridgehead atoms. The molecule has 0 fully saturated rings. The third-order valence-corrected chi connectivity index (χ3v) is 3.26. The smallest absolute Gasteiger partial charge is 0.146 e. The van der Waals surface area contributed by atoms with Crippen LogP contribution in [-0.4, -0.2) is 6.04 Å². The lowest BCUT2D eigenvalue weighted by Gasteiger charge is -2.06. The van der Waals surface area contributed by atoms with E-state index in [0.717, 1.165) is 28.3 Å². The van der Waals surface area contributed by atoms with Crippen LogP contribution < -0.4 is 10.1 Å². The highest BCUT2D eigenvalue weighted by Crippen LogP contribution is 2.24. The summed E-state index contributed by atoms with van der Waals surface area (Å²) in [6.45, 7) is 5.40. The van der Waals surface area contributed by atoms with Crippen molar-refractivity contribution in [1.82, 2.24) is 5.32 Å². The van der Waals surface area contributed by atoms with Gasteiger partial charge in [0.25, 0.3) is 0 Å². The van der Waals surface area contributed by atoms with E-state index < -0.39 is 0 Å². The van der Waals surface area contributed by atoms with Gasteiger partial charge in [-0.1, -0.05) is 26.0 Å². The minimum atomic E-state index is 0.435. The van der Waals surface area contributed by atoms with Crippen LogP contribution in [0, 0.1) is 0 Å². The summed E-state index contributed by atoms with van der Waals surface area (Å²) in [6, 6.07) is 12.2. The predicted octanol–water partition coefficient (Wildman–Crippen LogP) is 4.12. The van der Waals surface area contributed by atoms with Crippen molar-refractivity contribution >= 4 is 15.9 Å². The zero-order valence-corrected chi connectivity index (χ0v) is 12.7. The molecule has 1 N–H and O–H groups in total. The molecule has 0 atom stereocenters. The molecule has 102 valence electrons. The summed E-state index contributed by atoms with van der Waals surface area (Å²) in [5.74, 6) is 2.58. The molecule has 1 heterocycles. The molecule has 0 saturated carbocycles. The fourth-order valence-corrected chi connectivity index (χ4v) is 2.01. The number of hydrogen-bond donors (Lipinski definition) is 1. The molecule has 2 rings (SSSR count). The molecule has 0 radical (unpaired) electrons. The van der Waals surface area contributed by atoms with Crippen LogP contribution in [0.1, 0.15) is 25.4 Å². The Labute approximate surface area is 122 Å². The van der Waals surface area contributed by atoms with Gasteiger partial charge in [-0.05, 0) is 40.2 Å². The topological polar surface area (TPSA) is 34.4 Å². The van der Waals surface area contributed by atoms with Gasteiger partial charge in [0.1, 0.15) is 23.9 Å². The normalized spacial score (nSPS) is 10.9. The maximum Gasteiger partial charge on any atom is 0.146 e. The van der Waals surface area contributed by atoms with E-state index in [9.17, 15) is 0 Å². The average molecular weight is 324 g/mol. The van der Waals surface area contributed by atoms with Crippen LogP contribution in [0.5, 0.6) is 5.75 Å². The maximum absolute atomic E-state index is 5.70. The minimum absolute atomic E-state index is 0.435. The summed E-state index contributed by atoms with van der Waals surface area (Å²) >= 11 is 3.45. The van der Waals surface area contributed by atoms with E-state index in [1.54, 1.807) is 0 Å². The lowest BCUT2D eigenvalue weighted by atomic mass is 10.3. The van der Waals surface area contributed by atoms with Crippen molar-refractivity contribution < 1.29 is 9.15 Å². The molecular weight excluding hydrogens is 306 g/mol. The van der Waals surface area contributed by atoms with E-state index in [0.29, 0.717) is 12.6 Å². The van der Waals surface area contributed by atoms with E-state index in [1.807, 2.05) is 36.4 Å². The first-order chi connectivity index (χ1) is 9.15. The van der Waals surface area contributed by atoms with Gasteiger partial charge in [0.2, 0.25) is 0 Å². The van der Waals surface area contributed by atoms with Gasteiger partial charge in [-0.25, -0.2) is 0 Å². The quantitative estimate of drug-likeness (QED) is 0.868. The molecule has 3 nitrogen and oxygen atoms in total. The lowest BCUT2D eigenvalue weighted by molar-refractivity contribution is 0.263. The van der Waals surface area contributed by atoms with Crippen LogP contribution >= 0.6 is 15.9 Å². The van der Waals surface area contributed by atoms with Gasteiger partial charge in [-0.3, -0.25) is 0 Å². The van der Waals surface area contributed by atoms with Crippen molar-refractivity contribution in [2.24, 2.45) is 0 Å². The van der Waals surface area contributed by atoms with E-state index >= 15 is 0 Å². The van der Waals surface area contributed by atoms with Gasteiger partial charge in [-0.2, -0.15) is 0 Å². The monoisotopic (exact) mass is 323 g/mol. The van der Waals surface area contributed by atoms with E-state index in [-0.39, 0.29) is 0 Å². The standard InChI is InChI=1S/C15H18BrNO2/c1-11(2)17-9-12-7-8-13(19-12)10-18-15-6-4-3-5-14(15)16/h3-8,11,17H,9-10H2,1-2H3. The van der Waals surface area contributed by atoms with Gasteiger partial charge in [-0.15, -0.1) is 0 Å². The third-order valence-electron chi connectivity index (χ3n) is 2.61. The SMILES string of the molecule is CC(C)NCc1ccc(COc2ccccc2Br)o1. The summed E-state index contributed by atoms with van der Waals surface area (Å²) in [7, 11) is 0. The highest BCUT2D eigenvalue weighted by molar-refractivity contribution is 9.10. The highest BCUT2D eigenvalue weighted by atomic mass is 79.9. The molecular formula is C15H18BrNO2. The molecule has 0 unspecified atom stereocenters. The number of rotatable bonds is 6. The van der Waals surface area contributed by atoms with Crippen LogP contribution in [0.25, 0.3) is 0 Å². The number of ether oxygens (including phenoxy) is 1. The Balaban J connectivity index is 1.88. The van der Waals surface area contributed by atoms with Crippen LogP contribution in [0.3, 0.4) is 0 Å². The second kappa shape index (κ2) is 6.78. The fourth-order valence-electron chi connectivity index (χ4n) is 1.61. The van der Waals surface area contributed by atoms with Crippen molar-refractivity contribution in [2.75, 3.05) is 0 Å². The largest absolute Gasteiger partial charge is 0.484 e. The summed E-state index contributed by atoms with van der Waals surface area (Å²) in [5, 5.41) is 3.32. The van der Waals surface area contributed by atoms with Crippen LogP contribution in [-0.2, 0) is 13.2 Å². The minimum Gasteiger partial charge on any atom is -0.484 e. The Bertz CT molecular complexity index is 522. The molecule has 4 heteroatoms. The Hall–Kier alpha value is -1.26. The van der Waals surface area contributed by atoms with Gasteiger partial charge >= 0.3 is 0 Å². The number of para-hydroxylation sites is 1. The Morgan fingerprint density at radius 1 is 1.16 bits per heavy atom. The Morgan fingerprint density at radius 3 is 2.63 bits per heavy atom. The number of furan rings is 1. The number of benzene rings is 1.